The van der Waals surface area contributed by atoms with E-state index in [-0.39, 0.29) is 17.6 Å². The van der Waals surface area contributed by atoms with Gasteiger partial charge in [-0.3, -0.25) is 9.69 Å². The summed E-state index contributed by atoms with van der Waals surface area (Å²) in [5.41, 5.74) is 2.88. The second-order valence-electron chi connectivity index (χ2n) is 8.74. The van der Waals surface area contributed by atoms with Crippen LogP contribution in [-0.2, 0) is 0 Å². The third-order valence-corrected chi connectivity index (χ3v) is 6.85. The van der Waals surface area contributed by atoms with Gasteiger partial charge in [-0.15, -0.1) is 0 Å². The lowest BCUT2D eigenvalue weighted by Crippen LogP contribution is -2.25. The minimum atomic E-state index is -0.280. The molecule has 1 saturated heterocycles. The molecule has 0 amide bonds. The van der Waals surface area contributed by atoms with Gasteiger partial charge in [-0.05, 0) is 73.7 Å². The zero-order chi connectivity index (χ0) is 23.0. The Morgan fingerprint density at radius 3 is 2.18 bits per heavy atom. The number of carbonyl (C=O) groups is 1. The maximum Gasteiger partial charge on any atom is 0.170 e. The first-order chi connectivity index (χ1) is 16.2. The van der Waals surface area contributed by atoms with Gasteiger partial charge in [-0.25, -0.2) is 0 Å². The Hall–Kier alpha value is -2.62. The Balaban J connectivity index is 1.57. The average Bonchev–Trinajstić information content (AvgIpc) is 3.38. The van der Waals surface area contributed by atoms with Crippen LogP contribution in [0.4, 0.5) is 0 Å². The fourth-order valence-electron chi connectivity index (χ4n) is 4.79. The molecular weight excluding hydrogens is 430 g/mol. The van der Waals surface area contributed by atoms with Crippen LogP contribution in [0.5, 0.6) is 5.75 Å². The number of likely N-dealkylation sites (tertiary alicyclic amines) is 1. The van der Waals surface area contributed by atoms with Crippen LogP contribution < -0.4 is 4.74 Å². The molecule has 0 unspecified atom stereocenters. The first kappa shape index (κ1) is 23.5. The van der Waals surface area contributed by atoms with Gasteiger partial charge in [0.2, 0.25) is 0 Å². The fourth-order valence-corrected chi connectivity index (χ4v) is 4.92. The Morgan fingerprint density at radius 2 is 1.55 bits per heavy atom. The first-order valence-electron chi connectivity index (χ1n) is 12.0. The van der Waals surface area contributed by atoms with E-state index in [2.05, 4.69) is 24.0 Å². The number of hydrogen-bond acceptors (Lipinski definition) is 3. The summed E-state index contributed by atoms with van der Waals surface area (Å²) >= 11 is 6.13. The number of hydrogen-bond donors (Lipinski definition) is 0. The van der Waals surface area contributed by atoms with Gasteiger partial charge in [0.25, 0.3) is 0 Å². The van der Waals surface area contributed by atoms with Gasteiger partial charge >= 0.3 is 0 Å². The summed E-state index contributed by atoms with van der Waals surface area (Å²) in [5.74, 6) is 0.762. The van der Waals surface area contributed by atoms with Gasteiger partial charge in [-0.2, -0.15) is 0 Å². The number of nitrogens with zero attached hydrogens (tertiary/aromatic N) is 1. The standard InChI is InChI=1S/C29H32ClNO2/c1-2-27(22-10-14-25(30)15-11-22)28(29(32)24-8-4-3-5-9-24)23-12-16-26(17-13-23)33-21-20-31-18-6-7-19-31/h3-5,8-17,27-28H,2,6-7,18-21H2,1H3/t27-,28+/m1/s1. The topological polar surface area (TPSA) is 29.5 Å². The molecule has 4 heteroatoms. The van der Waals surface area contributed by atoms with Crippen LogP contribution in [0, 0.1) is 0 Å². The SMILES string of the molecule is CC[C@H](c1ccc(Cl)cc1)[C@@H](C(=O)c1ccccc1)c1ccc(OCCN2CCCC2)cc1. The molecule has 4 rings (SSSR count). The smallest absolute Gasteiger partial charge is 0.170 e. The summed E-state index contributed by atoms with van der Waals surface area (Å²) in [6.07, 6.45) is 3.43. The van der Waals surface area contributed by atoms with E-state index in [1.54, 1.807) is 0 Å². The number of benzene rings is 3. The molecule has 0 spiro atoms. The number of halogens is 1. The van der Waals surface area contributed by atoms with Crippen molar-refractivity contribution in [3.05, 3.63) is 101 Å². The van der Waals surface area contributed by atoms with Crippen LogP contribution in [0.1, 0.15) is 59.5 Å². The Kier molecular flexibility index (Phi) is 8.20. The maximum atomic E-state index is 13.7. The monoisotopic (exact) mass is 461 g/mol. The number of Topliss-reactive ketones (excluding diaryl/α,β-unsaturated/α-hetero) is 1. The van der Waals surface area contributed by atoms with Crippen LogP contribution >= 0.6 is 11.6 Å². The highest BCUT2D eigenvalue weighted by Crippen LogP contribution is 2.39. The predicted molar refractivity (Wildman–Crippen MR) is 136 cm³/mol. The van der Waals surface area contributed by atoms with Gasteiger partial charge < -0.3 is 4.74 Å². The summed E-state index contributed by atoms with van der Waals surface area (Å²) in [7, 11) is 0. The quantitative estimate of drug-likeness (QED) is 0.305. The third-order valence-electron chi connectivity index (χ3n) is 6.60. The molecule has 0 N–H and O–H groups in total. The molecular formula is C29H32ClNO2. The summed E-state index contributed by atoms with van der Waals surface area (Å²) in [5, 5.41) is 0.704. The minimum absolute atomic E-state index is 0.0527. The zero-order valence-corrected chi connectivity index (χ0v) is 20.0. The number of ketones is 1. The molecule has 0 saturated carbocycles. The second kappa shape index (κ2) is 11.5. The zero-order valence-electron chi connectivity index (χ0n) is 19.3. The molecule has 3 aromatic carbocycles. The minimum Gasteiger partial charge on any atom is -0.492 e. The van der Waals surface area contributed by atoms with Crippen molar-refractivity contribution in [2.45, 2.75) is 38.0 Å². The van der Waals surface area contributed by atoms with E-state index in [9.17, 15) is 4.79 Å². The highest BCUT2D eigenvalue weighted by molar-refractivity contribution is 6.30. The van der Waals surface area contributed by atoms with E-state index in [0.29, 0.717) is 11.6 Å². The summed E-state index contributed by atoms with van der Waals surface area (Å²) in [6.45, 7) is 6.14. The molecule has 1 heterocycles. The molecule has 2 atom stereocenters. The molecule has 1 aliphatic heterocycles. The number of rotatable bonds is 10. The van der Waals surface area contributed by atoms with Crippen molar-refractivity contribution < 1.29 is 9.53 Å². The van der Waals surface area contributed by atoms with Crippen LogP contribution in [0.2, 0.25) is 5.02 Å². The van der Waals surface area contributed by atoms with E-state index in [1.165, 1.54) is 25.9 Å². The lowest BCUT2D eigenvalue weighted by atomic mass is 9.76. The molecule has 0 aromatic heterocycles. The molecule has 1 fully saturated rings. The molecule has 0 bridgehead atoms. The van der Waals surface area contributed by atoms with Crippen molar-refractivity contribution in [1.29, 1.82) is 0 Å². The van der Waals surface area contributed by atoms with Gasteiger partial charge in [0, 0.05) is 17.1 Å². The maximum absolute atomic E-state index is 13.7. The second-order valence-corrected chi connectivity index (χ2v) is 9.18. The first-order valence-corrected chi connectivity index (χ1v) is 12.3. The molecule has 0 aliphatic carbocycles. The molecule has 172 valence electrons. The predicted octanol–water partition coefficient (Wildman–Crippen LogP) is 6.97. The Bertz CT molecular complexity index is 1010. The van der Waals surface area contributed by atoms with E-state index >= 15 is 0 Å². The molecule has 3 aromatic rings. The molecule has 3 nitrogen and oxygen atoms in total. The van der Waals surface area contributed by atoms with E-state index in [1.807, 2.05) is 66.7 Å². The third kappa shape index (κ3) is 6.04. The fraction of sp³-hybridized carbons (Fsp3) is 0.345. The van der Waals surface area contributed by atoms with Crippen LogP contribution in [0.25, 0.3) is 0 Å². The van der Waals surface area contributed by atoms with Crippen molar-refractivity contribution in [3.8, 4) is 5.75 Å². The van der Waals surface area contributed by atoms with Crippen LogP contribution in [0.3, 0.4) is 0 Å². The van der Waals surface area contributed by atoms with Crippen molar-refractivity contribution >= 4 is 17.4 Å². The van der Waals surface area contributed by atoms with Crippen molar-refractivity contribution in [2.24, 2.45) is 0 Å². The lowest BCUT2D eigenvalue weighted by molar-refractivity contribution is 0.0945. The van der Waals surface area contributed by atoms with Gasteiger partial charge in [0.05, 0.1) is 5.92 Å². The van der Waals surface area contributed by atoms with Gasteiger partial charge in [0.1, 0.15) is 12.4 Å². The van der Waals surface area contributed by atoms with Crippen molar-refractivity contribution in [1.82, 2.24) is 4.90 Å². The van der Waals surface area contributed by atoms with Crippen molar-refractivity contribution in [2.75, 3.05) is 26.2 Å². The number of carbonyl (C=O) groups excluding carboxylic acids is 1. The average molecular weight is 462 g/mol. The molecule has 0 radical (unpaired) electrons. The Morgan fingerprint density at radius 1 is 0.909 bits per heavy atom. The lowest BCUT2D eigenvalue weighted by Gasteiger charge is -2.27. The highest BCUT2D eigenvalue weighted by atomic mass is 35.5. The van der Waals surface area contributed by atoms with Gasteiger partial charge in [-0.1, -0.05) is 73.1 Å². The van der Waals surface area contributed by atoms with Crippen LogP contribution in [0.15, 0.2) is 78.9 Å². The number of ether oxygens (including phenoxy) is 1. The highest BCUT2D eigenvalue weighted by Gasteiger charge is 2.30. The van der Waals surface area contributed by atoms with E-state index in [4.69, 9.17) is 16.3 Å². The summed E-state index contributed by atoms with van der Waals surface area (Å²) < 4.78 is 5.99. The molecule has 1 aliphatic rings. The summed E-state index contributed by atoms with van der Waals surface area (Å²) in [6, 6.07) is 25.6. The van der Waals surface area contributed by atoms with E-state index < -0.39 is 0 Å². The summed E-state index contributed by atoms with van der Waals surface area (Å²) in [4.78, 5) is 16.2. The Labute approximate surface area is 202 Å². The van der Waals surface area contributed by atoms with Crippen LogP contribution in [-0.4, -0.2) is 36.9 Å². The van der Waals surface area contributed by atoms with E-state index in [0.717, 1.165) is 35.4 Å². The van der Waals surface area contributed by atoms with Gasteiger partial charge in [0.15, 0.2) is 5.78 Å². The van der Waals surface area contributed by atoms with Crippen molar-refractivity contribution in [3.63, 3.8) is 0 Å². The largest absolute Gasteiger partial charge is 0.492 e. The normalized spacial score (nSPS) is 15.8. The molecule has 33 heavy (non-hydrogen) atoms.